The zero-order valence-electron chi connectivity index (χ0n) is 10.6. The molecule has 0 radical (unpaired) electrons. The summed E-state index contributed by atoms with van der Waals surface area (Å²) in [6.07, 6.45) is 2.29. The summed E-state index contributed by atoms with van der Waals surface area (Å²) in [6.45, 7) is 4.11. The van der Waals surface area contributed by atoms with Crippen molar-refractivity contribution < 1.29 is 4.42 Å². The van der Waals surface area contributed by atoms with Gasteiger partial charge >= 0.3 is 0 Å². The fourth-order valence-corrected chi connectivity index (χ4v) is 1.90. The number of nitrogens with zero attached hydrogens (tertiary/aromatic N) is 1. The highest BCUT2D eigenvalue weighted by molar-refractivity contribution is 6.31. The van der Waals surface area contributed by atoms with Gasteiger partial charge < -0.3 is 10.2 Å². The fourth-order valence-electron chi connectivity index (χ4n) is 1.69. The molecule has 0 fully saturated rings. The minimum atomic E-state index is -0.113. The first-order valence-electron chi connectivity index (χ1n) is 6.01. The quantitative estimate of drug-likeness (QED) is 0.918. The third-order valence-corrected chi connectivity index (χ3v) is 3.29. The van der Waals surface area contributed by atoms with Crippen molar-refractivity contribution in [1.29, 1.82) is 0 Å². The molecule has 4 heteroatoms. The Bertz CT molecular complexity index is 522. The van der Waals surface area contributed by atoms with Gasteiger partial charge in [0.2, 0.25) is 0 Å². The molecule has 0 aliphatic carbocycles. The van der Waals surface area contributed by atoms with Crippen LogP contribution in [0.5, 0.6) is 0 Å². The van der Waals surface area contributed by atoms with Crippen molar-refractivity contribution in [3.05, 3.63) is 52.7 Å². The zero-order valence-corrected chi connectivity index (χ0v) is 11.3. The molecule has 0 aliphatic heterocycles. The van der Waals surface area contributed by atoms with E-state index in [1.54, 1.807) is 6.20 Å². The van der Waals surface area contributed by atoms with Crippen molar-refractivity contribution in [2.75, 3.05) is 0 Å². The summed E-state index contributed by atoms with van der Waals surface area (Å²) in [5.41, 5.74) is 7.02. The summed E-state index contributed by atoms with van der Waals surface area (Å²) in [7, 11) is 0. The van der Waals surface area contributed by atoms with Crippen molar-refractivity contribution in [3.63, 3.8) is 0 Å². The molecule has 0 bridgehead atoms. The molecule has 3 nitrogen and oxygen atoms in total. The van der Waals surface area contributed by atoms with Gasteiger partial charge in [-0.3, -0.25) is 0 Å². The first-order valence-corrected chi connectivity index (χ1v) is 6.39. The van der Waals surface area contributed by atoms with Crippen LogP contribution < -0.4 is 5.73 Å². The number of rotatable bonds is 4. The van der Waals surface area contributed by atoms with Gasteiger partial charge in [-0.15, -0.1) is 0 Å². The summed E-state index contributed by atoms with van der Waals surface area (Å²) in [5, 5.41) is 0.727. The number of oxazole rings is 1. The predicted octanol–water partition coefficient (Wildman–Crippen LogP) is 3.57. The molecule has 1 atom stereocenters. The molecular weight excluding hydrogens is 248 g/mol. The van der Waals surface area contributed by atoms with E-state index in [4.69, 9.17) is 21.8 Å². The number of benzene rings is 1. The highest BCUT2D eigenvalue weighted by Crippen LogP contribution is 2.22. The molecule has 0 saturated heterocycles. The molecule has 2 aromatic rings. The van der Waals surface area contributed by atoms with E-state index in [-0.39, 0.29) is 6.04 Å². The lowest BCUT2D eigenvalue weighted by Crippen LogP contribution is -2.15. The van der Waals surface area contributed by atoms with E-state index in [9.17, 15) is 0 Å². The molecular formula is C14H17ClN2O. The van der Waals surface area contributed by atoms with Gasteiger partial charge in [0.15, 0.2) is 5.89 Å². The van der Waals surface area contributed by atoms with Gasteiger partial charge in [0.1, 0.15) is 5.76 Å². The molecule has 0 amide bonds. The molecule has 1 aromatic heterocycles. The number of nitrogens with two attached hydrogens (primary N) is 1. The van der Waals surface area contributed by atoms with Crippen LogP contribution >= 0.6 is 11.6 Å². The summed E-state index contributed by atoms with van der Waals surface area (Å²) in [4.78, 5) is 4.25. The molecule has 1 unspecified atom stereocenters. The van der Waals surface area contributed by atoms with Gasteiger partial charge in [0.25, 0.3) is 0 Å². The lowest BCUT2D eigenvalue weighted by molar-refractivity contribution is 0.384. The second-order valence-corrected chi connectivity index (χ2v) is 5.10. The smallest absolute Gasteiger partial charge is 0.198 e. The van der Waals surface area contributed by atoms with Crippen LogP contribution in [-0.2, 0) is 6.42 Å². The van der Waals surface area contributed by atoms with E-state index in [1.807, 2.05) is 24.3 Å². The summed E-state index contributed by atoms with van der Waals surface area (Å²) < 4.78 is 5.67. The van der Waals surface area contributed by atoms with Gasteiger partial charge in [-0.2, -0.15) is 0 Å². The lowest BCUT2D eigenvalue weighted by atomic mass is 10.0. The Morgan fingerprint density at radius 1 is 1.33 bits per heavy atom. The van der Waals surface area contributed by atoms with Crippen molar-refractivity contribution in [2.45, 2.75) is 26.3 Å². The van der Waals surface area contributed by atoms with Gasteiger partial charge in [-0.25, -0.2) is 4.98 Å². The van der Waals surface area contributed by atoms with Gasteiger partial charge in [-0.05, 0) is 17.5 Å². The average molecular weight is 265 g/mol. The molecule has 1 aromatic carbocycles. The van der Waals surface area contributed by atoms with Crippen LogP contribution in [0.3, 0.4) is 0 Å². The summed E-state index contributed by atoms with van der Waals surface area (Å²) in [6, 6.07) is 7.57. The van der Waals surface area contributed by atoms with E-state index in [2.05, 4.69) is 18.8 Å². The Balaban J connectivity index is 2.14. The lowest BCUT2D eigenvalue weighted by Gasteiger charge is -2.11. The van der Waals surface area contributed by atoms with Gasteiger partial charge in [0, 0.05) is 5.02 Å². The monoisotopic (exact) mass is 264 g/mol. The SMILES string of the molecule is CC(C)C(N)c1cnc(Cc2ccccc2Cl)o1. The highest BCUT2D eigenvalue weighted by Gasteiger charge is 2.16. The van der Waals surface area contributed by atoms with Crippen molar-refractivity contribution in [3.8, 4) is 0 Å². The normalized spacial score (nSPS) is 12.9. The minimum Gasteiger partial charge on any atom is -0.444 e. The van der Waals surface area contributed by atoms with E-state index in [0.29, 0.717) is 18.2 Å². The van der Waals surface area contributed by atoms with Crippen LogP contribution in [0.2, 0.25) is 5.02 Å². The van der Waals surface area contributed by atoms with Crippen molar-refractivity contribution in [1.82, 2.24) is 4.98 Å². The third kappa shape index (κ3) is 2.92. The third-order valence-electron chi connectivity index (χ3n) is 2.92. The zero-order chi connectivity index (χ0) is 13.1. The molecule has 1 heterocycles. The molecule has 0 spiro atoms. The number of aromatic nitrogens is 1. The molecule has 0 saturated carbocycles. The second kappa shape index (κ2) is 5.55. The van der Waals surface area contributed by atoms with E-state index >= 15 is 0 Å². The molecule has 2 rings (SSSR count). The van der Waals surface area contributed by atoms with Crippen LogP contribution in [-0.4, -0.2) is 4.98 Å². The van der Waals surface area contributed by atoms with Crippen LogP contribution in [0.25, 0.3) is 0 Å². The molecule has 2 N–H and O–H groups in total. The minimum absolute atomic E-state index is 0.113. The topological polar surface area (TPSA) is 52.0 Å². The fraction of sp³-hybridized carbons (Fsp3) is 0.357. The first kappa shape index (κ1) is 13.1. The summed E-state index contributed by atoms with van der Waals surface area (Å²) in [5.74, 6) is 1.70. The Labute approximate surface area is 112 Å². The van der Waals surface area contributed by atoms with Crippen molar-refractivity contribution in [2.24, 2.45) is 11.7 Å². The van der Waals surface area contributed by atoms with Gasteiger partial charge in [0.05, 0.1) is 18.7 Å². The first-order chi connectivity index (χ1) is 8.58. The standard InChI is InChI=1S/C14H17ClN2O/c1-9(2)14(16)12-8-17-13(18-12)7-10-5-3-4-6-11(10)15/h3-6,8-9,14H,7,16H2,1-2H3. The van der Waals surface area contributed by atoms with Crippen LogP contribution in [0, 0.1) is 5.92 Å². The van der Waals surface area contributed by atoms with Crippen LogP contribution in [0.15, 0.2) is 34.9 Å². The number of hydrogen-bond donors (Lipinski definition) is 1. The second-order valence-electron chi connectivity index (χ2n) is 4.69. The Morgan fingerprint density at radius 3 is 2.72 bits per heavy atom. The van der Waals surface area contributed by atoms with Gasteiger partial charge in [-0.1, -0.05) is 43.6 Å². The number of halogens is 1. The van der Waals surface area contributed by atoms with E-state index in [1.165, 1.54) is 0 Å². The molecule has 0 aliphatic rings. The Hall–Kier alpha value is -1.32. The Morgan fingerprint density at radius 2 is 2.06 bits per heavy atom. The average Bonchev–Trinajstić information content (AvgIpc) is 2.79. The van der Waals surface area contributed by atoms with Crippen LogP contribution in [0.4, 0.5) is 0 Å². The van der Waals surface area contributed by atoms with E-state index < -0.39 is 0 Å². The maximum atomic E-state index is 6.10. The van der Waals surface area contributed by atoms with Crippen molar-refractivity contribution >= 4 is 11.6 Å². The highest BCUT2D eigenvalue weighted by atomic mass is 35.5. The predicted molar refractivity (Wildman–Crippen MR) is 72.5 cm³/mol. The Kier molecular flexibility index (Phi) is 4.04. The maximum absolute atomic E-state index is 6.10. The molecule has 18 heavy (non-hydrogen) atoms. The summed E-state index contributed by atoms with van der Waals surface area (Å²) >= 11 is 6.10. The molecule has 96 valence electrons. The number of hydrogen-bond acceptors (Lipinski definition) is 3. The van der Waals surface area contributed by atoms with Crippen LogP contribution in [0.1, 0.15) is 37.1 Å². The largest absolute Gasteiger partial charge is 0.444 e. The van der Waals surface area contributed by atoms with E-state index in [0.717, 1.165) is 16.3 Å². The maximum Gasteiger partial charge on any atom is 0.198 e.